The number of hydrogen-bond acceptors (Lipinski definition) is 5. The monoisotopic (exact) mass is 430 g/mol. The van der Waals surface area contributed by atoms with Gasteiger partial charge in [-0.3, -0.25) is 14.9 Å². The molecule has 0 heterocycles. The maximum Gasteiger partial charge on any atom is 0.355 e. The predicted octanol–water partition coefficient (Wildman–Crippen LogP) is 3.86. The molecule has 1 amide bonds. The Bertz CT molecular complexity index is 924. The van der Waals surface area contributed by atoms with Crippen LogP contribution in [0.25, 0.3) is 6.08 Å². The molecule has 2 aromatic carbocycles. The van der Waals surface area contributed by atoms with Crippen molar-refractivity contribution in [3.8, 4) is 0 Å². The lowest BCUT2D eigenvalue weighted by atomic mass is 10.1. The van der Waals surface area contributed by atoms with Crippen LogP contribution in [0.4, 0.5) is 5.69 Å². The molecule has 0 fully saturated rings. The number of carbonyl (C=O) groups excluding carboxylic acids is 2. The molecule has 0 aromatic heterocycles. The fourth-order valence-corrected chi connectivity index (χ4v) is 2.55. The van der Waals surface area contributed by atoms with Crippen molar-refractivity contribution in [1.82, 2.24) is 5.32 Å². The van der Waals surface area contributed by atoms with E-state index in [0.29, 0.717) is 15.6 Å². The maximum absolute atomic E-state index is 12.5. The van der Waals surface area contributed by atoms with E-state index >= 15 is 0 Å². The van der Waals surface area contributed by atoms with Gasteiger partial charge in [-0.05, 0) is 39.7 Å². The van der Waals surface area contributed by atoms with E-state index < -0.39 is 16.8 Å². The van der Waals surface area contributed by atoms with Crippen LogP contribution in [0.15, 0.2) is 71.4 Å². The number of benzene rings is 2. The Labute approximate surface area is 163 Å². The van der Waals surface area contributed by atoms with E-state index in [-0.39, 0.29) is 18.0 Å². The molecule has 0 atom stereocenters. The van der Waals surface area contributed by atoms with Crippen LogP contribution in [0, 0.1) is 10.1 Å². The van der Waals surface area contributed by atoms with Crippen LogP contribution in [0.5, 0.6) is 0 Å². The van der Waals surface area contributed by atoms with Gasteiger partial charge in [0.25, 0.3) is 11.6 Å². The van der Waals surface area contributed by atoms with Gasteiger partial charge in [-0.2, -0.15) is 0 Å². The van der Waals surface area contributed by atoms with Crippen LogP contribution in [-0.2, 0) is 9.53 Å². The number of nitrogens with zero attached hydrogens (tertiary/aromatic N) is 1. The molecule has 0 unspecified atom stereocenters. The van der Waals surface area contributed by atoms with Crippen LogP contribution in [-0.4, -0.2) is 23.4 Å². The van der Waals surface area contributed by atoms with E-state index in [1.165, 1.54) is 30.4 Å². The summed E-state index contributed by atoms with van der Waals surface area (Å²) in [6.45, 7) is 3.42. The molecule has 138 valence electrons. The average molecular weight is 431 g/mol. The molecule has 7 nitrogen and oxygen atoms in total. The number of rotatable bonds is 7. The van der Waals surface area contributed by atoms with Gasteiger partial charge in [-0.25, -0.2) is 4.79 Å². The molecular weight excluding hydrogens is 416 g/mol. The largest absolute Gasteiger partial charge is 0.457 e. The lowest BCUT2D eigenvalue weighted by Gasteiger charge is -2.10. The molecule has 0 bridgehead atoms. The van der Waals surface area contributed by atoms with Gasteiger partial charge in [-0.15, -0.1) is 0 Å². The van der Waals surface area contributed by atoms with E-state index in [4.69, 9.17) is 4.74 Å². The Morgan fingerprint density at radius 2 is 1.96 bits per heavy atom. The number of amides is 1. The van der Waals surface area contributed by atoms with Crippen molar-refractivity contribution in [1.29, 1.82) is 0 Å². The zero-order valence-corrected chi connectivity index (χ0v) is 15.6. The Morgan fingerprint density at radius 1 is 1.22 bits per heavy atom. The van der Waals surface area contributed by atoms with Crippen molar-refractivity contribution in [3.63, 3.8) is 0 Å². The average Bonchev–Trinajstić information content (AvgIpc) is 2.66. The van der Waals surface area contributed by atoms with Crippen LogP contribution in [0.3, 0.4) is 0 Å². The van der Waals surface area contributed by atoms with Gasteiger partial charge in [0.2, 0.25) is 0 Å². The van der Waals surface area contributed by atoms with Crippen molar-refractivity contribution < 1.29 is 19.2 Å². The SMILES string of the molecule is C=CCOC(=O)/C(=C\c1cccc([N+](=O)[O-])c1)NC(=O)c1ccccc1Br. The van der Waals surface area contributed by atoms with E-state index in [1.54, 1.807) is 30.3 Å². The summed E-state index contributed by atoms with van der Waals surface area (Å²) in [5.41, 5.74) is 0.388. The summed E-state index contributed by atoms with van der Waals surface area (Å²) >= 11 is 3.27. The molecule has 27 heavy (non-hydrogen) atoms. The standard InChI is InChI=1S/C19H15BrN2O5/c1-2-10-27-19(24)17(12-13-6-5-7-14(11-13)22(25)26)21-18(23)15-8-3-4-9-16(15)20/h2-9,11-12H,1,10H2,(H,21,23)/b17-12+. The topological polar surface area (TPSA) is 98.5 Å². The Kier molecular flexibility index (Phi) is 7.01. The van der Waals surface area contributed by atoms with E-state index in [2.05, 4.69) is 27.8 Å². The summed E-state index contributed by atoms with van der Waals surface area (Å²) in [5.74, 6) is -1.32. The van der Waals surface area contributed by atoms with Gasteiger partial charge >= 0.3 is 5.97 Å². The number of hydrogen-bond donors (Lipinski definition) is 1. The minimum Gasteiger partial charge on any atom is -0.457 e. The fraction of sp³-hybridized carbons (Fsp3) is 0.0526. The van der Waals surface area contributed by atoms with E-state index in [1.807, 2.05) is 0 Å². The van der Waals surface area contributed by atoms with Gasteiger partial charge in [0.1, 0.15) is 12.3 Å². The van der Waals surface area contributed by atoms with Crippen molar-refractivity contribution in [2.24, 2.45) is 0 Å². The first-order chi connectivity index (χ1) is 12.9. The lowest BCUT2D eigenvalue weighted by molar-refractivity contribution is -0.384. The zero-order chi connectivity index (χ0) is 19.8. The smallest absolute Gasteiger partial charge is 0.355 e. The minimum absolute atomic E-state index is 0.0456. The number of esters is 1. The molecule has 2 rings (SSSR count). The number of nitrogens with one attached hydrogen (secondary N) is 1. The molecule has 0 aliphatic carbocycles. The third-order valence-electron chi connectivity index (χ3n) is 3.31. The number of ether oxygens (including phenoxy) is 1. The second kappa shape index (κ2) is 9.44. The van der Waals surface area contributed by atoms with Crippen molar-refractivity contribution in [2.75, 3.05) is 6.61 Å². The molecule has 8 heteroatoms. The van der Waals surface area contributed by atoms with Crippen molar-refractivity contribution >= 4 is 39.6 Å². The molecule has 0 saturated heterocycles. The quantitative estimate of drug-likeness (QED) is 0.236. The van der Waals surface area contributed by atoms with Crippen molar-refractivity contribution in [2.45, 2.75) is 0 Å². The third-order valence-corrected chi connectivity index (χ3v) is 4.00. The highest BCUT2D eigenvalue weighted by atomic mass is 79.9. The minimum atomic E-state index is -0.790. The Hall–Kier alpha value is -3.26. The molecule has 0 saturated carbocycles. The summed E-state index contributed by atoms with van der Waals surface area (Å²) < 4.78 is 5.54. The number of nitro groups is 1. The number of non-ortho nitro benzene ring substituents is 1. The molecular formula is C19H15BrN2O5. The second-order valence-corrected chi connectivity index (χ2v) is 6.09. The van der Waals surface area contributed by atoms with E-state index in [9.17, 15) is 19.7 Å². The van der Waals surface area contributed by atoms with Gasteiger partial charge in [0.05, 0.1) is 10.5 Å². The van der Waals surface area contributed by atoms with E-state index in [0.717, 1.165) is 0 Å². The van der Waals surface area contributed by atoms with Gasteiger partial charge in [0, 0.05) is 16.6 Å². The summed E-state index contributed by atoms with van der Waals surface area (Å²) in [4.78, 5) is 35.2. The predicted molar refractivity (Wildman–Crippen MR) is 104 cm³/mol. The summed E-state index contributed by atoms with van der Waals surface area (Å²) in [6.07, 6.45) is 2.70. The Balaban J connectivity index is 2.36. The van der Waals surface area contributed by atoms with Gasteiger partial charge in [0.15, 0.2) is 0 Å². The van der Waals surface area contributed by atoms with Gasteiger partial charge in [-0.1, -0.05) is 36.9 Å². The third kappa shape index (κ3) is 5.61. The summed E-state index contributed by atoms with van der Waals surface area (Å²) in [7, 11) is 0. The molecule has 0 aliphatic rings. The molecule has 0 aliphatic heterocycles. The van der Waals surface area contributed by atoms with Gasteiger partial charge < -0.3 is 10.1 Å². The lowest BCUT2D eigenvalue weighted by Crippen LogP contribution is -2.28. The second-order valence-electron chi connectivity index (χ2n) is 5.23. The maximum atomic E-state index is 12.5. The molecule has 1 N–H and O–H groups in total. The fourth-order valence-electron chi connectivity index (χ4n) is 2.09. The highest BCUT2D eigenvalue weighted by molar-refractivity contribution is 9.10. The number of nitro benzene ring substituents is 1. The molecule has 2 aromatic rings. The first kappa shape index (κ1) is 20.1. The van der Waals surface area contributed by atoms with Crippen molar-refractivity contribution in [3.05, 3.63) is 92.6 Å². The summed E-state index contributed by atoms with van der Waals surface area (Å²) in [5, 5.41) is 13.4. The highest BCUT2D eigenvalue weighted by Gasteiger charge is 2.17. The Morgan fingerprint density at radius 3 is 2.63 bits per heavy atom. The van der Waals surface area contributed by atoms with Crippen LogP contribution >= 0.6 is 15.9 Å². The number of halogens is 1. The first-order valence-corrected chi connectivity index (χ1v) is 8.51. The molecule has 0 radical (unpaired) electrons. The normalized spacial score (nSPS) is 10.8. The van der Waals surface area contributed by atoms with Crippen LogP contribution in [0.2, 0.25) is 0 Å². The highest BCUT2D eigenvalue weighted by Crippen LogP contribution is 2.18. The van der Waals surface area contributed by atoms with Crippen LogP contribution < -0.4 is 5.32 Å². The van der Waals surface area contributed by atoms with Crippen LogP contribution in [0.1, 0.15) is 15.9 Å². The first-order valence-electron chi connectivity index (χ1n) is 7.72. The molecule has 0 spiro atoms. The number of carbonyl (C=O) groups is 2. The zero-order valence-electron chi connectivity index (χ0n) is 14.1. The summed E-state index contributed by atoms with van der Waals surface area (Å²) in [6, 6.07) is 12.4.